The molecule has 0 aliphatic carbocycles. The predicted octanol–water partition coefficient (Wildman–Crippen LogP) is 1.76. The zero-order valence-corrected chi connectivity index (χ0v) is 12.2. The number of carbonyl (C=O) groups excluding carboxylic acids is 1. The van der Waals surface area contributed by atoms with Crippen LogP contribution in [0.1, 0.15) is 47.7 Å². The average molecular weight is 288 g/mol. The molecule has 1 aromatic rings. The molecule has 2 heterocycles. The van der Waals surface area contributed by atoms with Gasteiger partial charge in [-0.15, -0.1) is 0 Å². The molecule has 1 unspecified atom stereocenters. The number of nitrogens with one attached hydrogen (secondary N) is 1. The SMILES string of the molecule is CCC1(C(=O)O)CCCN1C(=O)c1ccc2c(c1)CNC2. The Morgan fingerprint density at radius 3 is 2.81 bits per heavy atom. The highest BCUT2D eigenvalue weighted by molar-refractivity contribution is 5.98. The largest absolute Gasteiger partial charge is 0.479 e. The van der Waals surface area contributed by atoms with Crippen LogP contribution < -0.4 is 5.32 Å². The third kappa shape index (κ3) is 2.12. The summed E-state index contributed by atoms with van der Waals surface area (Å²) in [7, 11) is 0. The van der Waals surface area contributed by atoms with Crippen molar-refractivity contribution >= 4 is 11.9 Å². The minimum atomic E-state index is -1.03. The molecule has 0 spiro atoms. The second kappa shape index (κ2) is 5.15. The molecule has 2 N–H and O–H groups in total. The normalized spacial score (nSPS) is 24.1. The Labute approximate surface area is 123 Å². The van der Waals surface area contributed by atoms with Crippen LogP contribution in [0, 0.1) is 0 Å². The number of hydrogen-bond donors (Lipinski definition) is 2. The summed E-state index contributed by atoms with van der Waals surface area (Å²) < 4.78 is 0. The molecule has 2 aliphatic heterocycles. The zero-order chi connectivity index (χ0) is 15.0. The molecule has 5 nitrogen and oxygen atoms in total. The third-order valence-corrected chi connectivity index (χ3v) is 4.80. The van der Waals surface area contributed by atoms with E-state index in [2.05, 4.69) is 5.32 Å². The van der Waals surface area contributed by atoms with E-state index in [1.807, 2.05) is 25.1 Å². The summed E-state index contributed by atoms with van der Waals surface area (Å²) in [6.07, 6.45) is 1.73. The number of carboxylic acid groups (broad SMARTS) is 1. The molecule has 3 rings (SSSR count). The molecule has 21 heavy (non-hydrogen) atoms. The van der Waals surface area contributed by atoms with E-state index < -0.39 is 11.5 Å². The average Bonchev–Trinajstić information content (AvgIpc) is 3.12. The Morgan fingerprint density at radius 2 is 2.10 bits per heavy atom. The zero-order valence-electron chi connectivity index (χ0n) is 12.2. The first-order valence-electron chi connectivity index (χ1n) is 7.46. The lowest BCUT2D eigenvalue weighted by Crippen LogP contribution is -2.52. The molecule has 1 atom stereocenters. The Bertz CT molecular complexity index is 599. The van der Waals surface area contributed by atoms with Crippen LogP contribution >= 0.6 is 0 Å². The summed E-state index contributed by atoms with van der Waals surface area (Å²) in [5.41, 5.74) is 1.91. The lowest BCUT2D eigenvalue weighted by Gasteiger charge is -2.34. The summed E-state index contributed by atoms with van der Waals surface area (Å²) in [6, 6.07) is 5.68. The number of carboxylic acids is 1. The molecular weight excluding hydrogens is 268 g/mol. The number of nitrogens with zero attached hydrogens (tertiary/aromatic N) is 1. The molecule has 1 aromatic carbocycles. The summed E-state index contributed by atoms with van der Waals surface area (Å²) in [5.74, 6) is -1.05. The van der Waals surface area contributed by atoms with E-state index >= 15 is 0 Å². The summed E-state index contributed by atoms with van der Waals surface area (Å²) in [5, 5.41) is 12.8. The van der Waals surface area contributed by atoms with Crippen molar-refractivity contribution in [3.05, 3.63) is 34.9 Å². The van der Waals surface area contributed by atoms with Crippen LogP contribution in [0.15, 0.2) is 18.2 Å². The summed E-state index contributed by atoms with van der Waals surface area (Å²) in [6.45, 7) is 3.97. The van der Waals surface area contributed by atoms with Gasteiger partial charge >= 0.3 is 5.97 Å². The molecular formula is C16H20N2O3. The van der Waals surface area contributed by atoms with Gasteiger partial charge in [0.25, 0.3) is 5.91 Å². The quantitative estimate of drug-likeness (QED) is 0.889. The van der Waals surface area contributed by atoms with Gasteiger partial charge in [-0.1, -0.05) is 13.0 Å². The smallest absolute Gasteiger partial charge is 0.329 e. The Morgan fingerprint density at radius 1 is 1.33 bits per heavy atom. The van der Waals surface area contributed by atoms with E-state index in [-0.39, 0.29) is 5.91 Å². The van der Waals surface area contributed by atoms with Crippen molar-refractivity contribution in [1.29, 1.82) is 0 Å². The van der Waals surface area contributed by atoms with Gasteiger partial charge in [-0.3, -0.25) is 4.79 Å². The minimum absolute atomic E-state index is 0.161. The van der Waals surface area contributed by atoms with Crippen molar-refractivity contribution in [3.63, 3.8) is 0 Å². The molecule has 0 radical (unpaired) electrons. The fourth-order valence-electron chi connectivity index (χ4n) is 3.50. The highest BCUT2D eigenvalue weighted by Gasteiger charge is 2.48. The lowest BCUT2D eigenvalue weighted by molar-refractivity contribution is -0.148. The summed E-state index contributed by atoms with van der Waals surface area (Å²) in [4.78, 5) is 26.0. The van der Waals surface area contributed by atoms with E-state index in [0.29, 0.717) is 24.9 Å². The Balaban J connectivity index is 1.92. The van der Waals surface area contributed by atoms with Crippen molar-refractivity contribution in [2.24, 2.45) is 0 Å². The van der Waals surface area contributed by atoms with Crippen molar-refractivity contribution in [1.82, 2.24) is 10.2 Å². The number of hydrogen-bond acceptors (Lipinski definition) is 3. The number of benzene rings is 1. The van der Waals surface area contributed by atoms with Gasteiger partial charge in [-0.05, 0) is 42.5 Å². The van der Waals surface area contributed by atoms with Gasteiger partial charge in [-0.25, -0.2) is 4.79 Å². The Hall–Kier alpha value is -1.88. The molecule has 0 bridgehead atoms. The first kappa shape index (κ1) is 14.1. The second-order valence-corrected chi connectivity index (χ2v) is 5.84. The second-order valence-electron chi connectivity index (χ2n) is 5.84. The van der Waals surface area contributed by atoms with E-state index in [1.165, 1.54) is 5.56 Å². The van der Waals surface area contributed by atoms with Crippen LogP contribution in [0.3, 0.4) is 0 Å². The molecule has 1 fully saturated rings. The van der Waals surface area contributed by atoms with Crippen molar-refractivity contribution < 1.29 is 14.7 Å². The summed E-state index contributed by atoms with van der Waals surface area (Å²) >= 11 is 0. The molecule has 5 heteroatoms. The Kier molecular flexibility index (Phi) is 3.45. The van der Waals surface area contributed by atoms with E-state index in [9.17, 15) is 14.7 Å². The van der Waals surface area contributed by atoms with Gasteiger partial charge in [0, 0.05) is 25.2 Å². The number of aliphatic carboxylic acids is 1. The minimum Gasteiger partial charge on any atom is -0.479 e. The molecule has 112 valence electrons. The van der Waals surface area contributed by atoms with Crippen LogP contribution in [0.4, 0.5) is 0 Å². The molecule has 2 aliphatic rings. The maximum absolute atomic E-state index is 12.8. The van der Waals surface area contributed by atoms with Gasteiger partial charge in [0.05, 0.1) is 0 Å². The van der Waals surface area contributed by atoms with Crippen molar-refractivity contribution in [2.75, 3.05) is 6.54 Å². The molecule has 1 saturated heterocycles. The van der Waals surface area contributed by atoms with Crippen LogP contribution in [0.25, 0.3) is 0 Å². The van der Waals surface area contributed by atoms with Gasteiger partial charge in [0.1, 0.15) is 5.54 Å². The van der Waals surface area contributed by atoms with Gasteiger partial charge in [-0.2, -0.15) is 0 Å². The highest BCUT2D eigenvalue weighted by atomic mass is 16.4. The van der Waals surface area contributed by atoms with Crippen LogP contribution in [-0.4, -0.2) is 34.0 Å². The monoisotopic (exact) mass is 288 g/mol. The fourth-order valence-corrected chi connectivity index (χ4v) is 3.50. The van der Waals surface area contributed by atoms with Crippen LogP contribution in [0.5, 0.6) is 0 Å². The lowest BCUT2D eigenvalue weighted by atomic mass is 9.92. The van der Waals surface area contributed by atoms with Gasteiger partial charge < -0.3 is 15.3 Å². The topological polar surface area (TPSA) is 69.6 Å². The number of rotatable bonds is 3. The van der Waals surface area contributed by atoms with Gasteiger partial charge in [0.15, 0.2) is 0 Å². The van der Waals surface area contributed by atoms with Crippen molar-refractivity contribution in [3.8, 4) is 0 Å². The molecule has 0 aromatic heterocycles. The van der Waals surface area contributed by atoms with Crippen LogP contribution in [-0.2, 0) is 17.9 Å². The van der Waals surface area contributed by atoms with Crippen LogP contribution in [0.2, 0.25) is 0 Å². The molecule has 0 saturated carbocycles. The van der Waals surface area contributed by atoms with E-state index in [1.54, 1.807) is 4.90 Å². The highest BCUT2D eigenvalue weighted by Crippen LogP contribution is 2.34. The number of amides is 1. The van der Waals surface area contributed by atoms with Gasteiger partial charge in [0.2, 0.25) is 0 Å². The number of carbonyl (C=O) groups is 2. The first-order chi connectivity index (χ1) is 10.1. The first-order valence-corrected chi connectivity index (χ1v) is 7.46. The third-order valence-electron chi connectivity index (χ3n) is 4.80. The van der Waals surface area contributed by atoms with E-state index in [4.69, 9.17) is 0 Å². The molecule has 1 amide bonds. The van der Waals surface area contributed by atoms with Crippen molar-refractivity contribution in [2.45, 2.75) is 44.8 Å². The number of likely N-dealkylation sites (tertiary alicyclic amines) is 1. The predicted molar refractivity (Wildman–Crippen MR) is 77.9 cm³/mol. The fraction of sp³-hybridized carbons (Fsp3) is 0.500. The maximum Gasteiger partial charge on any atom is 0.329 e. The van der Waals surface area contributed by atoms with E-state index in [0.717, 1.165) is 25.1 Å². The standard InChI is InChI=1S/C16H20N2O3/c1-2-16(15(20)21)6-3-7-18(16)14(19)11-4-5-12-9-17-10-13(12)8-11/h4-5,8,17H,2-3,6-7,9-10H2,1H3,(H,20,21). The number of fused-ring (bicyclic) bond motifs is 1. The maximum atomic E-state index is 12.8.